The molecule has 2 N–H and O–H groups in total. The molecule has 21 heavy (non-hydrogen) atoms. The van der Waals surface area contributed by atoms with E-state index in [4.69, 9.17) is 4.74 Å². The topological polar surface area (TPSA) is 50.4 Å². The molecule has 0 aliphatic carbocycles. The smallest absolute Gasteiger partial charge is 0.405 e. The number of carbonyl (C=O) groups is 1. The minimum absolute atomic E-state index is 0.178. The van der Waals surface area contributed by atoms with Gasteiger partial charge in [-0.3, -0.25) is 10.1 Å². The summed E-state index contributed by atoms with van der Waals surface area (Å²) in [5.74, 6) is 0.0228. The Morgan fingerprint density at radius 1 is 1.24 bits per heavy atom. The first kappa shape index (κ1) is 17.3. The molecule has 0 heterocycles. The highest BCUT2D eigenvalue weighted by molar-refractivity contribution is 5.81. The van der Waals surface area contributed by atoms with Crippen LogP contribution in [0.1, 0.15) is 25.5 Å². The van der Waals surface area contributed by atoms with Crippen LogP contribution in [0, 0.1) is 0 Å². The number of nitrogens with one attached hydrogen (secondary N) is 2. The number of rotatable bonds is 6. The second-order valence-corrected chi connectivity index (χ2v) is 4.72. The maximum absolute atomic E-state index is 12.0. The number of methoxy groups -OCH3 is 1. The van der Waals surface area contributed by atoms with Crippen LogP contribution in [0.4, 0.5) is 13.2 Å². The molecular weight excluding hydrogens is 285 g/mol. The molecular formula is C14H19F3N2O2. The zero-order valence-corrected chi connectivity index (χ0v) is 12.1. The lowest BCUT2D eigenvalue weighted by Crippen LogP contribution is -2.45. The first-order valence-electron chi connectivity index (χ1n) is 6.47. The van der Waals surface area contributed by atoms with Crippen LogP contribution < -0.4 is 15.4 Å². The van der Waals surface area contributed by atoms with E-state index in [1.54, 1.807) is 19.2 Å². The molecule has 1 aromatic carbocycles. The first-order chi connectivity index (χ1) is 9.73. The monoisotopic (exact) mass is 304 g/mol. The molecule has 118 valence electrons. The summed E-state index contributed by atoms with van der Waals surface area (Å²) in [5, 5.41) is 4.80. The number of hydrogen-bond donors (Lipinski definition) is 2. The Labute approximate surface area is 121 Å². The lowest BCUT2D eigenvalue weighted by atomic mass is 10.1. The first-order valence-corrected chi connectivity index (χ1v) is 6.47. The van der Waals surface area contributed by atoms with Crippen LogP contribution in [0.2, 0.25) is 0 Å². The minimum atomic E-state index is -4.41. The normalized spacial score (nSPS) is 14.4. The van der Waals surface area contributed by atoms with Crippen LogP contribution in [-0.2, 0) is 4.79 Å². The van der Waals surface area contributed by atoms with Gasteiger partial charge in [-0.05, 0) is 31.5 Å². The third-order valence-corrected chi connectivity index (χ3v) is 2.97. The zero-order chi connectivity index (χ0) is 16.0. The summed E-state index contributed by atoms with van der Waals surface area (Å²) >= 11 is 0. The van der Waals surface area contributed by atoms with Crippen molar-refractivity contribution in [2.75, 3.05) is 13.7 Å². The second kappa shape index (κ2) is 7.31. The molecule has 2 unspecified atom stereocenters. The van der Waals surface area contributed by atoms with Crippen molar-refractivity contribution < 1.29 is 22.7 Å². The van der Waals surface area contributed by atoms with E-state index >= 15 is 0 Å². The highest BCUT2D eigenvalue weighted by atomic mass is 19.4. The molecule has 4 nitrogen and oxygen atoms in total. The Hall–Kier alpha value is -1.76. The third-order valence-electron chi connectivity index (χ3n) is 2.97. The lowest BCUT2D eigenvalue weighted by molar-refractivity contribution is -0.139. The standard InChI is InChI=1S/C14H19F3N2O2/c1-9(11-4-6-12(21-3)7-5-11)19-10(2)13(20)18-8-14(15,16)17/h4-7,9-10,19H,8H2,1-3H3,(H,18,20). The Kier molecular flexibility index (Phi) is 6.02. The Morgan fingerprint density at radius 2 is 1.81 bits per heavy atom. The average Bonchev–Trinajstić information content (AvgIpc) is 2.43. The number of alkyl halides is 3. The van der Waals surface area contributed by atoms with Gasteiger partial charge in [-0.1, -0.05) is 12.1 Å². The molecule has 1 amide bonds. The van der Waals surface area contributed by atoms with Crippen LogP contribution in [0.25, 0.3) is 0 Å². The average molecular weight is 304 g/mol. The number of halogens is 3. The highest BCUT2D eigenvalue weighted by Crippen LogP contribution is 2.17. The van der Waals surface area contributed by atoms with Gasteiger partial charge in [0.25, 0.3) is 0 Å². The Morgan fingerprint density at radius 3 is 2.29 bits per heavy atom. The minimum Gasteiger partial charge on any atom is -0.497 e. The van der Waals surface area contributed by atoms with Gasteiger partial charge >= 0.3 is 6.18 Å². The van der Waals surface area contributed by atoms with Gasteiger partial charge in [0, 0.05) is 6.04 Å². The summed E-state index contributed by atoms with van der Waals surface area (Å²) in [7, 11) is 1.56. The number of carbonyl (C=O) groups excluding carboxylic acids is 1. The number of hydrogen-bond acceptors (Lipinski definition) is 3. The van der Waals surface area contributed by atoms with Crippen LogP contribution in [0.5, 0.6) is 5.75 Å². The van der Waals surface area contributed by atoms with E-state index in [-0.39, 0.29) is 6.04 Å². The Balaban J connectivity index is 2.52. The van der Waals surface area contributed by atoms with Gasteiger partial charge in [-0.25, -0.2) is 0 Å². The molecule has 1 aromatic rings. The molecule has 7 heteroatoms. The second-order valence-electron chi connectivity index (χ2n) is 4.72. The molecule has 0 bridgehead atoms. The lowest BCUT2D eigenvalue weighted by Gasteiger charge is -2.20. The fourth-order valence-electron chi connectivity index (χ4n) is 1.78. The molecule has 2 atom stereocenters. The zero-order valence-electron chi connectivity index (χ0n) is 12.1. The van der Waals surface area contributed by atoms with Crippen molar-refractivity contribution >= 4 is 5.91 Å². The van der Waals surface area contributed by atoms with Crippen molar-refractivity contribution in [3.63, 3.8) is 0 Å². The predicted molar refractivity (Wildman–Crippen MR) is 73.1 cm³/mol. The SMILES string of the molecule is COc1ccc(C(C)NC(C)C(=O)NCC(F)(F)F)cc1. The van der Waals surface area contributed by atoms with Gasteiger partial charge in [0.15, 0.2) is 0 Å². The summed E-state index contributed by atoms with van der Waals surface area (Å²) in [6.07, 6.45) is -4.41. The molecule has 1 rings (SSSR count). The fraction of sp³-hybridized carbons (Fsp3) is 0.500. The number of benzene rings is 1. The molecule has 0 saturated heterocycles. The molecule has 0 spiro atoms. The van der Waals surface area contributed by atoms with E-state index < -0.39 is 24.7 Å². The fourth-order valence-corrected chi connectivity index (χ4v) is 1.78. The molecule has 0 fully saturated rings. The largest absolute Gasteiger partial charge is 0.497 e. The molecule has 0 aliphatic rings. The van der Waals surface area contributed by atoms with Crippen molar-refractivity contribution in [2.24, 2.45) is 0 Å². The van der Waals surface area contributed by atoms with Crippen LogP contribution in [0.15, 0.2) is 24.3 Å². The molecule has 0 radical (unpaired) electrons. The van der Waals surface area contributed by atoms with E-state index in [2.05, 4.69) is 5.32 Å². The number of ether oxygens (including phenoxy) is 1. The maximum Gasteiger partial charge on any atom is 0.405 e. The van der Waals surface area contributed by atoms with Crippen molar-refractivity contribution in [2.45, 2.75) is 32.1 Å². The van der Waals surface area contributed by atoms with E-state index in [1.807, 2.05) is 24.4 Å². The molecule has 0 saturated carbocycles. The van der Waals surface area contributed by atoms with Gasteiger partial charge in [0.2, 0.25) is 5.91 Å². The molecule has 0 aromatic heterocycles. The van der Waals surface area contributed by atoms with Crippen molar-refractivity contribution in [1.29, 1.82) is 0 Å². The van der Waals surface area contributed by atoms with E-state index in [0.29, 0.717) is 5.75 Å². The number of amides is 1. The van der Waals surface area contributed by atoms with E-state index in [0.717, 1.165) is 5.56 Å². The van der Waals surface area contributed by atoms with Crippen molar-refractivity contribution in [1.82, 2.24) is 10.6 Å². The van der Waals surface area contributed by atoms with Crippen LogP contribution >= 0.6 is 0 Å². The van der Waals surface area contributed by atoms with Crippen LogP contribution in [0.3, 0.4) is 0 Å². The summed E-state index contributed by atoms with van der Waals surface area (Å²) in [5.41, 5.74) is 0.909. The van der Waals surface area contributed by atoms with Crippen molar-refractivity contribution in [3.05, 3.63) is 29.8 Å². The van der Waals surface area contributed by atoms with Gasteiger partial charge in [-0.2, -0.15) is 13.2 Å². The molecule has 0 aliphatic heterocycles. The summed E-state index contributed by atoms with van der Waals surface area (Å²) < 4.78 is 41.1. The van der Waals surface area contributed by atoms with Gasteiger partial charge in [0.05, 0.1) is 13.2 Å². The van der Waals surface area contributed by atoms with E-state index in [9.17, 15) is 18.0 Å². The van der Waals surface area contributed by atoms with Gasteiger partial charge < -0.3 is 10.1 Å². The quantitative estimate of drug-likeness (QED) is 0.848. The summed E-state index contributed by atoms with van der Waals surface area (Å²) in [6.45, 7) is 2.02. The van der Waals surface area contributed by atoms with Gasteiger partial charge in [0.1, 0.15) is 12.3 Å². The predicted octanol–water partition coefficient (Wildman–Crippen LogP) is 2.41. The van der Waals surface area contributed by atoms with E-state index in [1.165, 1.54) is 6.92 Å². The van der Waals surface area contributed by atoms with Gasteiger partial charge in [-0.15, -0.1) is 0 Å². The summed E-state index contributed by atoms with van der Waals surface area (Å²) in [4.78, 5) is 11.6. The van der Waals surface area contributed by atoms with Crippen LogP contribution in [-0.4, -0.2) is 31.8 Å². The highest BCUT2D eigenvalue weighted by Gasteiger charge is 2.28. The summed E-state index contributed by atoms with van der Waals surface area (Å²) in [6, 6.07) is 6.31. The van der Waals surface area contributed by atoms with Crippen molar-refractivity contribution in [3.8, 4) is 5.75 Å². The maximum atomic E-state index is 12.0. The Bertz CT molecular complexity index is 460. The third kappa shape index (κ3) is 6.03.